The van der Waals surface area contributed by atoms with Crippen molar-refractivity contribution < 1.29 is 4.79 Å². The van der Waals surface area contributed by atoms with Gasteiger partial charge in [-0.15, -0.1) is 0 Å². The van der Waals surface area contributed by atoms with E-state index in [4.69, 9.17) is 23.2 Å². The molecule has 0 radical (unpaired) electrons. The van der Waals surface area contributed by atoms with Crippen molar-refractivity contribution in [3.63, 3.8) is 0 Å². The fourth-order valence-corrected chi connectivity index (χ4v) is 2.58. The van der Waals surface area contributed by atoms with Gasteiger partial charge in [0, 0.05) is 28.0 Å². The summed E-state index contributed by atoms with van der Waals surface area (Å²) in [4.78, 5) is 21.0. The Morgan fingerprint density at radius 1 is 1.12 bits per heavy atom. The van der Waals surface area contributed by atoms with Crippen LogP contribution in [0.5, 0.6) is 0 Å². The maximum atomic E-state index is 12.4. The Bertz CT molecular complexity index is 714. The van der Waals surface area contributed by atoms with Gasteiger partial charge in [-0.1, -0.05) is 37.0 Å². The number of rotatable bonds is 6. The quantitative estimate of drug-likeness (QED) is 0.770. The molecule has 0 unspecified atom stereocenters. The minimum absolute atomic E-state index is 0.283. The van der Waals surface area contributed by atoms with E-state index in [0.717, 1.165) is 13.0 Å². The Kier molecular flexibility index (Phi) is 6.40. The van der Waals surface area contributed by atoms with Crippen molar-refractivity contribution in [2.45, 2.75) is 27.2 Å². The molecule has 0 aliphatic rings. The number of hydrogen-bond donors (Lipinski definition) is 2. The number of carbonyl (C=O) groups excluding carboxylic acids is 1. The molecule has 2 aromatic rings. The van der Waals surface area contributed by atoms with Gasteiger partial charge in [0.05, 0.1) is 0 Å². The number of carbonyl (C=O) groups is 1. The third-order valence-corrected chi connectivity index (χ3v) is 3.65. The van der Waals surface area contributed by atoms with E-state index < -0.39 is 0 Å². The number of benzene rings is 1. The van der Waals surface area contributed by atoms with Crippen LogP contribution in [0, 0.1) is 12.8 Å². The first kappa shape index (κ1) is 18.5. The minimum atomic E-state index is -0.342. The third-order valence-electron chi connectivity index (χ3n) is 3.21. The second-order valence-electron chi connectivity index (χ2n) is 5.94. The third kappa shape index (κ3) is 5.65. The Hall–Kier alpha value is -1.85. The second kappa shape index (κ2) is 8.31. The molecule has 128 valence electrons. The number of amides is 1. The fraction of sp³-hybridized carbons (Fsp3) is 0.353. The average molecular weight is 367 g/mol. The van der Waals surface area contributed by atoms with Crippen LogP contribution in [0.2, 0.25) is 10.0 Å². The summed E-state index contributed by atoms with van der Waals surface area (Å²) in [6.07, 6.45) is 1.000. The van der Waals surface area contributed by atoms with E-state index in [2.05, 4.69) is 34.4 Å². The first-order chi connectivity index (χ1) is 11.3. The molecule has 5 nitrogen and oxygen atoms in total. The van der Waals surface area contributed by atoms with Crippen LogP contribution in [0.4, 0.5) is 11.6 Å². The molecule has 0 atom stereocenters. The van der Waals surface area contributed by atoms with Crippen LogP contribution in [-0.4, -0.2) is 22.4 Å². The molecular weight excluding hydrogens is 347 g/mol. The zero-order valence-electron chi connectivity index (χ0n) is 13.9. The highest BCUT2D eigenvalue weighted by molar-refractivity contribution is 6.35. The topological polar surface area (TPSA) is 66.9 Å². The summed E-state index contributed by atoms with van der Waals surface area (Å²) in [6, 6.07) is 6.49. The number of nitrogens with zero attached hydrogens (tertiary/aromatic N) is 2. The molecule has 1 aromatic heterocycles. The highest BCUT2D eigenvalue weighted by Gasteiger charge is 2.12. The lowest BCUT2D eigenvalue weighted by Gasteiger charge is -2.10. The standard InChI is InChI=1S/C17H20Cl2N4O/c1-10(2)4-5-20-17-21-11(3)6-15(23-17)16(24)22-14-8-12(18)7-13(19)9-14/h6-10H,4-5H2,1-3H3,(H,22,24)(H,20,21,23). The fourth-order valence-electron chi connectivity index (χ4n) is 2.06. The SMILES string of the molecule is Cc1cc(C(=O)Nc2cc(Cl)cc(Cl)c2)nc(NCCC(C)C)n1. The summed E-state index contributed by atoms with van der Waals surface area (Å²) >= 11 is 11.9. The van der Waals surface area contributed by atoms with Gasteiger partial charge in [-0.3, -0.25) is 4.79 Å². The molecule has 1 aromatic carbocycles. The molecule has 1 heterocycles. The number of nitrogens with one attached hydrogen (secondary N) is 2. The van der Waals surface area contributed by atoms with Gasteiger partial charge in [0.1, 0.15) is 5.69 Å². The van der Waals surface area contributed by atoms with Crippen LogP contribution < -0.4 is 10.6 Å². The molecule has 0 bridgehead atoms. The van der Waals surface area contributed by atoms with E-state index in [1.165, 1.54) is 0 Å². The number of anilines is 2. The number of halogens is 2. The van der Waals surface area contributed by atoms with Crippen molar-refractivity contribution in [3.05, 3.63) is 45.7 Å². The van der Waals surface area contributed by atoms with Gasteiger partial charge in [0.2, 0.25) is 5.95 Å². The van der Waals surface area contributed by atoms with Crippen LogP contribution in [0.15, 0.2) is 24.3 Å². The summed E-state index contributed by atoms with van der Waals surface area (Å²) < 4.78 is 0. The van der Waals surface area contributed by atoms with Crippen molar-refractivity contribution in [1.29, 1.82) is 0 Å². The van der Waals surface area contributed by atoms with Gasteiger partial charge in [0.25, 0.3) is 5.91 Å². The maximum absolute atomic E-state index is 12.4. The van der Waals surface area contributed by atoms with Crippen molar-refractivity contribution >= 4 is 40.7 Å². The lowest BCUT2D eigenvalue weighted by atomic mass is 10.1. The second-order valence-corrected chi connectivity index (χ2v) is 6.81. The summed E-state index contributed by atoms with van der Waals surface area (Å²) in [7, 11) is 0. The van der Waals surface area contributed by atoms with Crippen LogP contribution in [0.1, 0.15) is 36.5 Å². The molecule has 7 heteroatoms. The van der Waals surface area contributed by atoms with E-state index >= 15 is 0 Å². The van der Waals surface area contributed by atoms with Crippen LogP contribution in [-0.2, 0) is 0 Å². The van der Waals surface area contributed by atoms with Crippen LogP contribution in [0.25, 0.3) is 0 Å². The molecule has 0 aliphatic carbocycles. The van der Waals surface area contributed by atoms with E-state index in [1.54, 1.807) is 24.3 Å². The van der Waals surface area contributed by atoms with Gasteiger partial charge in [-0.2, -0.15) is 0 Å². The summed E-state index contributed by atoms with van der Waals surface area (Å²) in [6.45, 7) is 6.87. The minimum Gasteiger partial charge on any atom is -0.354 e. The monoisotopic (exact) mass is 366 g/mol. The number of aromatic nitrogens is 2. The molecular formula is C17H20Cl2N4O. The molecule has 2 rings (SSSR count). The zero-order chi connectivity index (χ0) is 17.7. The number of hydrogen-bond acceptors (Lipinski definition) is 4. The van der Waals surface area contributed by atoms with Gasteiger partial charge < -0.3 is 10.6 Å². The van der Waals surface area contributed by atoms with Crippen molar-refractivity contribution in [2.75, 3.05) is 17.2 Å². The average Bonchev–Trinajstić information content (AvgIpc) is 2.45. The van der Waals surface area contributed by atoms with Crippen molar-refractivity contribution in [2.24, 2.45) is 5.92 Å². The van der Waals surface area contributed by atoms with Crippen molar-refractivity contribution in [3.8, 4) is 0 Å². The Balaban J connectivity index is 2.12. The Morgan fingerprint density at radius 2 is 1.79 bits per heavy atom. The predicted octanol–water partition coefficient (Wildman–Crippen LogP) is 4.80. The number of aryl methyl sites for hydroxylation is 1. The highest BCUT2D eigenvalue weighted by atomic mass is 35.5. The highest BCUT2D eigenvalue weighted by Crippen LogP contribution is 2.23. The molecule has 0 saturated carbocycles. The summed E-state index contributed by atoms with van der Waals surface area (Å²) in [5.41, 5.74) is 1.51. The van der Waals surface area contributed by atoms with E-state index in [1.807, 2.05) is 6.92 Å². The van der Waals surface area contributed by atoms with Gasteiger partial charge in [-0.05, 0) is 43.5 Å². The normalized spacial score (nSPS) is 10.8. The Labute approximate surface area is 151 Å². The molecule has 0 saturated heterocycles. The Morgan fingerprint density at radius 3 is 2.42 bits per heavy atom. The maximum Gasteiger partial charge on any atom is 0.274 e. The molecule has 24 heavy (non-hydrogen) atoms. The smallest absolute Gasteiger partial charge is 0.274 e. The van der Waals surface area contributed by atoms with E-state index in [9.17, 15) is 4.79 Å². The lowest BCUT2D eigenvalue weighted by molar-refractivity contribution is 0.102. The van der Waals surface area contributed by atoms with Gasteiger partial charge >= 0.3 is 0 Å². The first-order valence-corrected chi connectivity index (χ1v) is 8.46. The van der Waals surface area contributed by atoms with Gasteiger partial charge in [0.15, 0.2) is 0 Å². The van der Waals surface area contributed by atoms with Crippen LogP contribution in [0.3, 0.4) is 0 Å². The van der Waals surface area contributed by atoms with Crippen molar-refractivity contribution in [1.82, 2.24) is 9.97 Å². The van der Waals surface area contributed by atoms with E-state index in [0.29, 0.717) is 33.3 Å². The first-order valence-electron chi connectivity index (χ1n) is 7.70. The summed E-state index contributed by atoms with van der Waals surface area (Å²) in [5.74, 6) is 0.688. The van der Waals surface area contributed by atoms with Gasteiger partial charge in [-0.25, -0.2) is 9.97 Å². The molecule has 1 amide bonds. The molecule has 0 spiro atoms. The van der Waals surface area contributed by atoms with Crippen LogP contribution >= 0.6 is 23.2 Å². The lowest BCUT2D eigenvalue weighted by Crippen LogP contribution is -2.16. The molecule has 2 N–H and O–H groups in total. The predicted molar refractivity (Wildman–Crippen MR) is 99.1 cm³/mol. The zero-order valence-corrected chi connectivity index (χ0v) is 15.4. The molecule has 0 fully saturated rings. The van der Waals surface area contributed by atoms with E-state index in [-0.39, 0.29) is 11.6 Å². The largest absolute Gasteiger partial charge is 0.354 e. The molecule has 0 aliphatic heterocycles. The summed E-state index contributed by atoms with van der Waals surface area (Å²) in [5, 5.41) is 6.80.